The fraction of sp³-hybridized carbons (Fsp3) is 0.478. The molecular formula is C23H28FN4O3S+. The SMILES string of the molecule is COC(=O)N1CCC[C@@H](Nc2cc(N3CC(c4ccc(F)cc4)C3)nc3c2[S+](O)CC3)C1. The summed E-state index contributed by atoms with van der Waals surface area (Å²) in [5.74, 6) is 1.76. The van der Waals surface area contributed by atoms with Gasteiger partial charge in [0.1, 0.15) is 17.3 Å². The molecule has 4 heterocycles. The summed E-state index contributed by atoms with van der Waals surface area (Å²) in [5.41, 5.74) is 3.03. The highest BCUT2D eigenvalue weighted by Crippen LogP contribution is 2.38. The number of carbonyl (C=O) groups excluding carboxylic acids is 1. The average molecular weight is 460 g/mol. The Morgan fingerprint density at radius 3 is 2.81 bits per heavy atom. The number of nitrogens with one attached hydrogen (secondary N) is 1. The predicted octanol–water partition coefficient (Wildman–Crippen LogP) is 3.47. The van der Waals surface area contributed by atoms with Crippen LogP contribution in [0.1, 0.15) is 30.0 Å². The third-order valence-corrected chi connectivity index (χ3v) is 8.08. The van der Waals surface area contributed by atoms with Gasteiger partial charge in [-0.25, -0.2) is 14.2 Å². The van der Waals surface area contributed by atoms with E-state index in [0.717, 1.165) is 60.0 Å². The smallest absolute Gasteiger partial charge is 0.409 e. The molecule has 0 aliphatic carbocycles. The van der Waals surface area contributed by atoms with Gasteiger partial charge in [-0.3, -0.25) is 0 Å². The van der Waals surface area contributed by atoms with Gasteiger partial charge < -0.3 is 19.9 Å². The topological polar surface area (TPSA) is 77.9 Å². The molecule has 2 N–H and O–H groups in total. The molecule has 3 aliphatic heterocycles. The van der Waals surface area contributed by atoms with E-state index in [-0.39, 0.29) is 18.0 Å². The predicted molar refractivity (Wildman–Crippen MR) is 123 cm³/mol. The second-order valence-corrected chi connectivity index (χ2v) is 10.2. The Kier molecular flexibility index (Phi) is 5.86. The molecule has 2 aromatic rings. The van der Waals surface area contributed by atoms with Crippen LogP contribution in [0.3, 0.4) is 0 Å². The number of carbonyl (C=O) groups is 1. The third-order valence-electron chi connectivity index (χ3n) is 6.56. The molecule has 0 bridgehead atoms. The number of fused-ring (bicyclic) bond motifs is 1. The molecule has 1 amide bonds. The number of aromatic nitrogens is 1. The minimum absolute atomic E-state index is 0.100. The number of benzene rings is 1. The molecule has 9 heteroatoms. The van der Waals surface area contributed by atoms with E-state index in [1.165, 1.54) is 19.2 Å². The summed E-state index contributed by atoms with van der Waals surface area (Å²) < 4.78 is 28.7. The van der Waals surface area contributed by atoms with Gasteiger partial charge >= 0.3 is 6.09 Å². The van der Waals surface area contributed by atoms with Gasteiger partial charge in [0.05, 0.1) is 12.8 Å². The molecule has 2 saturated heterocycles. The zero-order valence-electron chi connectivity index (χ0n) is 18.1. The molecule has 0 spiro atoms. The van der Waals surface area contributed by atoms with Crippen molar-refractivity contribution in [2.75, 3.05) is 49.3 Å². The number of halogens is 1. The Balaban J connectivity index is 1.33. The zero-order chi connectivity index (χ0) is 22.2. The van der Waals surface area contributed by atoms with Crippen molar-refractivity contribution in [2.24, 2.45) is 0 Å². The Morgan fingerprint density at radius 1 is 1.28 bits per heavy atom. The normalized spacial score (nSPS) is 23.0. The number of rotatable bonds is 4. The molecule has 7 nitrogen and oxygen atoms in total. The Bertz CT molecular complexity index is 999. The fourth-order valence-electron chi connectivity index (χ4n) is 4.79. The van der Waals surface area contributed by atoms with Gasteiger partial charge in [0.15, 0.2) is 16.9 Å². The summed E-state index contributed by atoms with van der Waals surface area (Å²) >= 11 is -0.811. The first-order chi connectivity index (χ1) is 15.5. The highest BCUT2D eigenvalue weighted by atomic mass is 32.2. The molecule has 3 aliphatic rings. The monoisotopic (exact) mass is 459 g/mol. The van der Waals surface area contributed by atoms with Crippen LogP contribution in [0.5, 0.6) is 0 Å². The van der Waals surface area contributed by atoms with E-state index < -0.39 is 11.2 Å². The number of hydrogen-bond acceptors (Lipinski definition) is 6. The molecule has 5 rings (SSSR count). The van der Waals surface area contributed by atoms with Crippen LogP contribution < -0.4 is 10.2 Å². The molecule has 2 atom stereocenters. The lowest BCUT2D eigenvalue weighted by Gasteiger charge is -2.41. The maximum atomic E-state index is 13.2. The van der Waals surface area contributed by atoms with Gasteiger partial charge in [0.25, 0.3) is 0 Å². The number of pyridine rings is 1. The van der Waals surface area contributed by atoms with Gasteiger partial charge in [-0.15, -0.1) is 0 Å². The Morgan fingerprint density at radius 2 is 2.06 bits per heavy atom. The quantitative estimate of drug-likeness (QED) is 0.682. The molecule has 1 aromatic carbocycles. The van der Waals surface area contributed by atoms with Crippen LogP contribution in [0.4, 0.5) is 20.7 Å². The van der Waals surface area contributed by atoms with Crippen LogP contribution in [0.15, 0.2) is 35.2 Å². The van der Waals surface area contributed by atoms with Crippen molar-refractivity contribution >= 4 is 28.8 Å². The summed E-state index contributed by atoms with van der Waals surface area (Å²) in [6.45, 7) is 2.95. The van der Waals surface area contributed by atoms with E-state index in [1.54, 1.807) is 4.90 Å². The van der Waals surface area contributed by atoms with Crippen LogP contribution >= 0.6 is 0 Å². The van der Waals surface area contributed by atoms with Gasteiger partial charge in [0.2, 0.25) is 4.90 Å². The first kappa shape index (κ1) is 21.3. The van der Waals surface area contributed by atoms with Gasteiger partial charge in [0, 0.05) is 50.6 Å². The number of ether oxygens (including phenoxy) is 1. The van der Waals surface area contributed by atoms with Crippen molar-refractivity contribution in [3.63, 3.8) is 0 Å². The van der Waals surface area contributed by atoms with E-state index in [0.29, 0.717) is 24.8 Å². The summed E-state index contributed by atoms with van der Waals surface area (Å²) in [6.07, 6.45) is 2.33. The van der Waals surface area contributed by atoms with Crippen molar-refractivity contribution in [2.45, 2.75) is 36.1 Å². The summed E-state index contributed by atoms with van der Waals surface area (Å²) in [7, 11) is 1.41. The van der Waals surface area contributed by atoms with Crippen molar-refractivity contribution in [3.8, 4) is 0 Å². The van der Waals surface area contributed by atoms with Crippen LogP contribution in [-0.2, 0) is 22.3 Å². The standard InChI is InChI=1S/C23H28FN4O3S/c1-31-23(29)27-9-2-3-18(14-27)25-20-11-21(26-19-8-10-32(30)22(19)20)28-12-16(13-28)15-4-6-17(24)7-5-15/h4-7,11,16,18,30H,2-3,8-10,12-14H2,1H3,(H,25,26)/q+1/t18-,32?/m1/s1. The average Bonchev–Trinajstić information content (AvgIpc) is 3.14. The van der Waals surface area contributed by atoms with E-state index in [1.807, 2.05) is 18.2 Å². The maximum absolute atomic E-state index is 13.2. The third kappa shape index (κ3) is 4.11. The Hall–Kier alpha value is -2.52. The fourth-order valence-corrected chi connectivity index (χ4v) is 6.17. The second-order valence-electron chi connectivity index (χ2n) is 8.68. The molecule has 2 fully saturated rings. The summed E-state index contributed by atoms with van der Waals surface area (Å²) in [6, 6.07) is 8.87. The van der Waals surface area contributed by atoms with Crippen LogP contribution in [0.25, 0.3) is 0 Å². The zero-order valence-corrected chi connectivity index (χ0v) is 18.9. The van der Waals surface area contributed by atoms with E-state index in [4.69, 9.17) is 9.72 Å². The highest BCUT2D eigenvalue weighted by Gasteiger charge is 2.39. The Labute approximate surface area is 190 Å². The van der Waals surface area contributed by atoms with Crippen molar-refractivity contribution in [1.29, 1.82) is 0 Å². The summed E-state index contributed by atoms with van der Waals surface area (Å²) in [4.78, 5) is 21.7. The van der Waals surface area contributed by atoms with Gasteiger partial charge in [-0.2, -0.15) is 4.55 Å². The van der Waals surface area contributed by atoms with Gasteiger partial charge in [-0.1, -0.05) is 12.1 Å². The number of hydrogen-bond donors (Lipinski definition) is 2. The summed E-state index contributed by atoms with van der Waals surface area (Å²) in [5, 5.41) is 3.60. The molecule has 170 valence electrons. The maximum Gasteiger partial charge on any atom is 0.409 e. The largest absolute Gasteiger partial charge is 0.453 e. The number of likely N-dealkylation sites (tertiary alicyclic amines) is 1. The lowest BCUT2D eigenvalue weighted by Crippen LogP contribution is -2.46. The van der Waals surface area contributed by atoms with Crippen LogP contribution in [0.2, 0.25) is 0 Å². The van der Waals surface area contributed by atoms with Crippen molar-refractivity contribution in [1.82, 2.24) is 9.88 Å². The minimum atomic E-state index is -0.811. The van der Waals surface area contributed by atoms with E-state index >= 15 is 0 Å². The minimum Gasteiger partial charge on any atom is -0.453 e. The van der Waals surface area contributed by atoms with Crippen molar-refractivity contribution in [3.05, 3.63) is 47.4 Å². The first-order valence-electron chi connectivity index (χ1n) is 11.1. The van der Waals surface area contributed by atoms with Crippen LogP contribution in [-0.4, -0.2) is 65.6 Å². The van der Waals surface area contributed by atoms with E-state index in [9.17, 15) is 13.7 Å². The van der Waals surface area contributed by atoms with Gasteiger partial charge in [-0.05, 0) is 30.5 Å². The number of amides is 1. The molecule has 1 aromatic heterocycles. The van der Waals surface area contributed by atoms with E-state index in [2.05, 4.69) is 10.2 Å². The lowest BCUT2D eigenvalue weighted by atomic mass is 9.91. The number of piperidine rings is 1. The number of anilines is 2. The molecular weight excluding hydrogens is 431 g/mol. The van der Waals surface area contributed by atoms with Crippen molar-refractivity contribution < 1.29 is 18.5 Å². The number of methoxy groups -OCH3 is 1. The first-order valence-corrected chi connectivity index (χ1v) is 12.4. The number of nitrogens with zero attached hydrogens (tertiary/aromatic N) is 3. The molecule has 0 saturated carbocycles. The number of aryl methyl sites for hydroxylation is 1. The second kappa shape index (κ2) is 8.78. The molecule has 0 radical (unpaired) electrons. The highest BCUT2D eigenvalue weighted by molar-refractivity contribution is 7.92. The molecule has 1 unspecified atom stereocenters. The lowest BCUT2D eigenvalue weighted by molar-refractivity contribution is 0.113. The van der Waals surface area contributed by atoms with Crippen LogP contribution in [0, 0.1) is 5.82 Å². The molecule has 32 heavy (non-hydrogen) atoms.